The normalized spacial score (nSPS) is 12.8. The first-order chi connectivity index (χ1) is 13.9. The molecule has 1 unspecified atom stereocenters. The van der Waals surface area contributed by atoms with E-state index >= 15 is 0 Å². The van der Waals surface area contributed by atoms with Gasteiger partial charge in [-0.3, -0.25) is 4.79 Å². The minimum atomic E-state index is -4.63. The Hall–Kier alpha value is -1.74. The van der Waals surface area contributed by atoms with Crippen LogP contribution in [0.2, 0.25) is 15.1 Å². The van der Waals surface area contributed by atoms with Crippen molar-refractivity contribution in [1.82, 2.24) is 5.32 Å². The standard InChI is InChI=1S/C19H12BrCl3F3NO3/c20-13-5-9(1-3-11(13)18(30)27-8-16(28)29)2-4-12(19(24,25)26)10-6-14(21)17(23)15(22)7-10/h1-7,12H,8H2,(H,27,30)(H,28,29)/p-1. The lowest BCUT2D eigenvalue weighted by molar-refractivity contribution is -0.303. The molecule has 2 aromatic carbocycles. The van der Waals surface area contributed by atoms with E-state index in [0.717, 1.165) is 18.2 Å². The Morgan fingerprint density at radius 1 is 1.13 bits per heavy atom. The van der Waals surface area contributed by atoms with Gasteiger partial charge in [0.15, 0.2) is 0 Å². The fourth-order valence-electron chi connectivity index (χ4n) is 2.44. The zero-order valence-electron chi connectivity index (χ0n) is 14.7. The maximum absolute atomic E-state index is 13.6. The molecule has 0 aliphatic carbocycles. The van der Waals surface area contributed by atoms with Crippen molar-refractivity contribution in [3.63, 3.8) is 0 Å². The van der Waals surface area contributed by atoms with E-state index in [-0.39, 0.29) is 30.7 Å². The molecule has 11 heteroatoms. The summed E-state index contributed by atoms with van der Waals surface area (Å²) in [6.45, 7) is -0.674. The number of carboxylic acid groups (broad SMARTS) is 1. The number of allylic oxidation sites excluding steroid dienone is 1. The van der Waals surface area contributed by atoms with E-state index in [1.54, 1.807) is 0 Å². The molecular weight excluding hydrogens is 533 g/mol. The lowest BCUT2D eigenvalue weighted by Crippen LogP contribution is -2.37. The summed E-state index contributed by atoms with van der Waals surface area (Å²) in [6, 6.07) is 6.36. The molecule has 2 aromatic rings. The lowest BCUT2D eigenvalue weighted by atomic mass is 9.97. The molecule has 0 spiro atoms. The number of alkyl halides is 3. The van der Waals surface area contributed by atoms with Gasteiger partial charge in [0.05, 0.1) is 39.1 Å². The molecule has 1 atom stereocenters. The summed E-state index contributed by atoms with van der Waals surface area (Å²) in [5.74, 6) is -4.14. The highest BCUT2D eigenvalue weighted by Crippen LogP contribution is 2.41. The molecule has 2 rings (SSSR count). The smallest absolute Gasteiger partial charge is 0.399 e. The highest BCUT2D eigenvalue weighted by molar-refractivity contribution is 9.10. The number of carbonyl (C=O) groups is 2. The quantitative estimate of drug-likeness (QED) is 0.506. The second-order valence-electron chi connectivity index (χ2n) is 5.97. The monoisotopic (exact) mass is 542 g/mol. The Balaban J connectivity index is 2.31. The molecule has 0 bridgehead atoms. The second-order valence-corrected chi connectivity index (χ2v) is 8.02. The average molecular weight is 545 g/mol. The Kier molecular flexibility index (Phi) is 8.21. The van der Waals surface area contributed by atoms with Gasteiger partial charge in [0.2, 0.25) is 0 Å². The minimum Gasteiger partial charge on any atom is -0.548 e. The van der Waals surface area contributed by atoms with Crippen LogP contribution in [0, 0.1) is 0 Å². The minimum absolute atomic E-state index is 0.0385. The largest absolute Gasteiger partial charge is 0.548 e. The fourth-order valence-corrected chi connectivity index (χ4v) is 3.63. The zero-order chi connectivity index (χ0) is 22.6. The average Bonchev–Trinajstić information content (AvgIpc) is 2.63. The van der Waals surface area contributed by atoms with E-state index < -0.39 is 30.5 Å². The molecule has 0 aliphatic heterocycles. The number of nitrogens with one attached hydrogen (secondary N) is 1. The number of rotatable bonds is 6. The Morgan fingerprint density at radius 2 is 1.73 bits per heavy atom. The van der Waals surface area contributed by atoms with Crippen LogP contribution < -0.4 is 10.4 Å². The van der Waals surface area contributed by atoms with Gasteiger partial charge in [-0.25, -0.2) is 0 Å². The van der Waals surface area contributed by atoms with E-state index in [4.69, 9.17) is 34.8 Å². The van der Waals surface area contributed by atoms with Gasteiger partial charge in [0.1, 0.15) is 0 Å². The Labute approximate surface area is 192 Å². The lowest BCUT2D eigenvalue weighted by Gasteiger charge is -2.18. The molecule has 1 N–H and O–H groups in total. The van der Waals surface area contributed by atoms with Crippen LogP contribution in [-0.2, 0) is 4.79 Å². The molecule has 0 saturated carbocycles. The van der Waals surface area contributed by atoms with Gasteiger partial charge >= 0.3 is 6.18 Å². The van der Waals surface area contributed by atoms with Gasteiger partial charge < -0.3 is 15.2 Å². The summed E-state index contributed by atoms with van der Waals surface area (Å²) in [7, 11) is 0. The number of benzene rings is 2. The number of hydrogen-bond donors (Lipinski definition) is 1. The number of hydrogen-bond acceptors (Lipinski definition) is 3. The third kappa shape index (κ3) is 6.38. The van der Waals surface area contributed by atoms with Crippen molar-refractivity contribution in [2.45, 2.75) is 12.1 Å². The zero-order valence-corrected chi connectivity index (χ0v) is 18.6. The van der Waals surface area contributed by atoms with Crippen LogP contribution in [0.4, 0.5) is 13.2 Å². The maximum atomic E-state index is 13.6. The molecule has 160 valence electrons. The second kappa shape index (κ2) is 10.0. The van der Waals surface area contributed by atoms with Gasteiger partial charge in [-0.05, 0) is 51.3 Å². The summed E-state index contributed by atoms with van der Waals surface area (Å²) in [6.07, 6.45) is -2.48. The predicted octanol–water partition coefficient (Wildman–Crippen LogP) is 5.25. The Bertz CT molecular complexity index is 989. The molecule has 0 radical (unpaired) electrons. The fraction of sp³-hybridized carbons (Fsp3) is 0.158. The number of carboxylic acids is 1. The van der Waals surface area contributed by atoms with Gasteiger partial charge in [-0.1, -0.05) is 53.0 Å². The van der Waals surface area contributed by atoms with E-state index in [2.05, 4.69) is 21.2 Å². The first kappa shape index (κ1) is 24.5. The highest BCUT2D eigenvalue weighted by Gasteiger charge is 2.39. The molecule has 4 nitrogen and oxygen atoms in total. The van der Waals surface area contributed by atoms with Crippen molar-refractivity contribution in [3.8, 4) is 0 Å². The number of amides is 1. The maximum Gasteiger partial charge on any atom is 0.399 e. The molecule has 0 heterocycles. The first-order valence-electron chi connectivity index (χ1n) is 8.07. The van der Waals surface area contributed by atoms with Gasteiger partial charge in [-0.2, -0.15) is 13.2 Å². The van der Waals surface area contributed by atoms with Crippen molar-refractivity contribution in [2.24, 2.45) is 0 Å². The van der Waals surface area contributed by atoms with Crippen LogP contribution in [0.15, 0.2) is 40.9 Å². The summed E-state index contributed by atoms with van der Waals surface area (Å²) < 4.78 is 41.0. The van der Waals surface area contributed by atoms with Crippen molar-refractivity contribution in [2.75, 3.05) is 6.54 Å². The van der Waals surface area contributed by atoms with Crippen LogP contribution in [0.3, 0.4) is 0 Å². The van der Waals surface area contributed by atoms with Gasteiger partial charge in [-0.15, -0.1) is 0 Å². The Morgan fingerprint density at radius 3 is 2.23 bits per heavy atom. The van der Waals surface area contributed by atoms with E-state index in [9.17, 15) is 27.9 Å². The van der Waals surface area contributed by atoms with Crippen LogP contribution in [0.25, 0.3) is 6.08 Å². The van der Waals surface area contributed by atoms with Crippen LogP contribution in [0.1, 0.15) is 27.4 Å². The topological polar surface area (TPSA) is 69.2 Å². The van der Waals surface area contributed by atoms with Crippen molar-refractivity contribution in [1.29, 1.82) is 0 Å². The number of halogens is 7. The third-order valence-electron chi connectivity index (χ3n) is 3.83. The number of carbonyl (C=O) groups excluding carboxylic acids is 2. The molecule has 30 heavy (non-hydrogen) atoms. The number of aliphatic carboxylic acids is 1. The highest BCUT2D eigenvalue weighted by atomic mass is 79.9. The summed E-state index contributed by atoms with van der Waals surface area (Å²) in [4.78, 5) is 22.3. The molecular formula is C19H11BrCl3F3NO3-. The SMILES string of the molecule is O=C([O-])CNC(=O)c1ccc(C=CC(c2cc(Cl)c(Cl)c(Cl)c2)C(F)(F)F)cc1Br. The van der Waals surface area contributed by atoms with Crippen molar-refractivity contribution >= 4 is 68.7 Å². The van der Waals surface area contributed by atoms with Crippen LogP contribution >= 0.6 is 50.7 Å². The summed E-state index contributed by atoms with van der Waals surface area (Å²) in [5.41, 5.74) is 0.284. The van der Waals surface area contributed by atoms with Gasteiger partial charge in [0, 0.05) is 4.47 Å². The van der Waals surface area contributed by atoms with Gasteiger partial charge in [0.25, 0.3) is 5.91 Å². The summed E-state index contributed by atoms with van der Waals surface area (Å²) >= 11 is 20.6. The van der Waals surface area contributed by atoms with Crippen molar-refractivity contribution in [3.05, 3.63) is 72.6 Å². The molecule has 1 amide bonds. The molecule has 0 aliphatic rings. The summed E-state index contributed by atoms with van der Waals surface area (Å²) in [5, 5.41) is 12.3. The predicted molar refractivity (Wildman–Crippen MR) is 111 cm³/mol. The molecule has 0 aromatic heterocycles. The van der Waals surface area contributed by atoms with E-state index in [1.165, 1.54) is 24.3 Å². The third-order valence-corrected chi connectivity index (χ3v) is 5.68. The van der Waals surface area contributed by atoms with Crippen LogP contribution in [-0.4, -0.2) is 24.6 Å². The van der Waals surface area contributed by atoms with E-state index in [0.29, 0.717) is 5.56 Å². The molecule has 0 fully saturated rings. The van der Waals surface area contributed by atoms with E-state index in [1.807, 2.05) is 0 Å². The van der Waals surface area contributed by atoms with Crippen molar-refractivity contribution < 1.29 is 27.9 Å². The first-order valence-corrected chi connectivity index (χ1v) is 9.99. The molecule has 0 saturated heterocycles. The van der Waals surface area contributed by atoms with Crippen LogP contribution in [0.5, 0.6) is 0 Å².